The van der Waals surface area contributed by atoms with Crippen LogP contribution in [0.3, 0.4) is 0 Å². The molecule has 0 saturated heterocycles. The number of amides is 1. The van der Waals surface area contributed by atoms with E-state index in [2.05, 4.69) is 4.99 Å². The number of ether oxygens (including phenoxy) is 2. The lowest BCUT2D eigenvalue weighted by molar-refractivity contribution is -0.139. The SMILES string of the molecule is CCOC(=O)CSC1=N/C(=C\c2ccccc2F)C(=O)N1c1ccc(OC)c(Cl)c1. The molecular formula is C21H18ClFN2O4S. The van der Waals surface area contributed by atoms with E-state index >= 15 is 0 Å². The number of carbonyl (C=O) groups is 2. The molecule has 0 atom stereocenters. The average molecular weight is 449 g/mol. The molecule has 0 fully saturated rings. The maximum absolute atomic E-state index is 14.0. The summed E-state index contributed by atoms with van der Waals surface area (Å²) in [7, 11) is 1.49. The topological polar surface area (TPSA) is 68.2 Å². The first kappa shape index (κ1) is 21.9. The molecule has 1 amide bonds. The highest BCUT2D eigenvalue weighted by Crippen LogP contribution is 2.34. The van der Waals surface area contributed by atoms with Gasteiger partial charge in [0.1, 0.15) is 17.3 Å². The van der Waals surface area contributed by atoms with Gasteiger partial charge in [-0.15, -0.1) is 0 Å². The summed E-state index contributed by atoms with van der Waals surface area (Å²) in [6.07, 6.45) is 1.37. The van der Waals surface area contributed by atoms with Crippen LogP contribution in [-0.2, 0) is 14.3 Å². The Kier molecular flexibility index (Phi) is 7.12. The molecule has 0 aromatic heterocycles. The fourth-order valence-electron chi connectivity index (χ4n) is 2.68. The van der Waals surface area contributed by atoms with Crippen molar-refractivity contribution in [2.75, 3.05) is 24.4 Å². The van der Waals surface area contributed by atoms with Crippen molar-refractivity contribution in [3.8, 4) is 5.75 Å². The molecule has 0 unspecified atom stereocenters. The molecule has 156 valence electrons. The lowest BCUT2D eigenvalue weighted by Crippen LogP contribution is -2.31. The second-order valence-electron chi connectivity index (χ2n) is 6.00. The Morgan fingerprint density at radius 3 is 2.73 bits per heavy atom. The van der Waals surface area contributed by atoms with Crippen molar-refractivity contribution < 1.29 is 23.5 Å². The maximum Gasteiger partial charge on any atom is 0.316 e. The molecule has 1 aliphatic rings. The highest BCUT2D eigenvalue weighted by Gasteiger charge is 2.33. The quantitative estimate of drug-likeness (QED) is 0.480. The molecule has 1 heterocycles. The highest BCUT2D eigenvalue weighted by molar-refractivity contribution is 8.14. The van der Waals surface area contributed by atoms with Gasteiger partial charge in [-0.05, 0) is 37.3 Å². The minimum Gasteiger partial charge on any atom is -0.495 e. The number of halogens is 2. The van der Waals surface area contributed by atoms with Gasteiger partial charge in [0.25, 0.3) is 5.91 Å². The van der Waals surface area contributed by atoms with Crippen molar-refractivity contribution in [3.63, 3.8) is 0 Å². The van der Waals surface area contributed by atoms with Gasteiger partial charge in [-0.1, -0.05) is 41.6 Å². The van der Waals surface area contributed by atoms with Crippen LogP contribution in [0.15, 0.2) is 53.2 Å². The Hall–Kier alpha value is -2.84. The van der Waals surface area contributed by atoms with E-state index in [4.69, 9.17) is 21.1 Å². The number of aliphatic imine (C=N–C) groups is 1. The monoisotopic (exact) mass is 448 g/mol. The van der Waals surface area contributed by atoms with Gasteiger partial charge < -0.3 is 9.47 Å². The van der Waals surface area contributed by atoms with Gasteiger partial charge in [0, 0.05) is 5.56 Å². The number of esters is 1. The maximum atomic E-state index is 14.0. The van der Waals surface area contributed by atoms with Gasteiger partial charge in [-0.25, -0.2) is 9.38 Å². The molecule has 0 spiro atoms. The lowest BCUT2D eigenvalue weighted by atomic mass is 10.1. The van der Waals surface area contributed by atoms with Crippen LogP contribution in [0, 0.1) is 5.82 Å². The van der Waals surface area contributed by atoms with Gasteiger partial charge in [0.15, 0.2) is 5.17 Å². The number of benzene rings is 2. The molecule has 2 aromatic carbocycles. The van der Waals surface area contributed by atoms with Crippen molar-refractivity contribution in [3.05, 3.63) is 64.6 Å². The Labute approximate surface area is 182 Å². The summed E-state index contributed by atoms with van der Waals surface area (Å²) in [6.45, 7) is 1.96. The van der Waals surface area contributed by atoms with Crippen LogP contribution >= 0.6 is 23.4 Å². The standard InChI is InChI=1S/C21H18ClFN2O4S/c1-3-29-19(26)12-30-21-24-17(10-13-6-4-5-7-16(13)23)20(27)25(21)14-8-9-18(28-2)15(22)11-14/h4-11H,3,12H2,1-2H3/b17-10-. The molecule has 0 saturated carbocycles. The molecule has 1 aliphatic heterocycles. The van der Waals surface area contributed by atoms with Crippen LogP contribution < -0.4 is 9.64 Å². The molecule has 6 nitrogen and oxygen atoms in total. The largest absolute Gasteiger partial charge is 0.495 e. The summed E-state index contributed by atoms with van der Waals surface area (Å²) in [5.74, 6) is -0.956. The molecular weight excluding hydrogens is 431 g/mol. The second-order valence-corrected chi connectivity index (χ2v) is 7.35. The summed E-state index contributed by atoms with van der Waals surface area (Å²) in [5.41, 5.74) is 0.713. The van der Waals surface area contributed by atoms with E-state index in [1.165, 1.54) is 24.2 Å². The van der Waals surface area contributed by atoms with Gasteiger partial charge in [-0.3, -0.25) is 14.5 Å². The normalized spacial score (nSPS) is 14.8. The fraction of sp³-hybridized carbons (Fsp3) is 0.190. The third-order valence-corrected chi connectivity index (χ3v) is 5.25. The summed E-state index contributed by atoms with van der Waals surface area (Å²) in [4.78, 5) is 30.5. The smallest absolute Gasteiger partial charge is 0.316 e. The number of nitrogens with zero attached hydrogens (tertiary/aromatic N) is 2. The number of methoxy groups -OCH3 is 1. The Morgan fingerprint density at radius 1 is 1.30 bits per heavy atom. The Bertz CT molecular complexity index is 1040. The van der Waals surface area contributed by atoms with Crippen molar-refractivity contribution in [2.45, 2.75) is 6.92 Å². The molecule has 0 radical (unpaired) electrons. The molecule has 9 heteroatoms. The Morgan fingerprint density at radius 2 is 2.07 bits per heavy atom. The predicted molar refractivity (Wildman–Crippen MR) is 116 cm³/mol. The van der Waals surface area contributed by atoms with Gasteiger partial charge in [0.05, 0.1) is 30.2 Å². The Balaban J connectivity index is 1.97. The molecule has 2 aromatic rings. The van der Waals surface area contributed by atoms with Gasteiger partial charge >= 0.3 is 5.97 Å². The lowest BCUT2D eigenvalue weighted by Gasteiger charge is -2.18. The van der Waals surface area contributed by atoms with E-state index in [-0.39, 0.29) is 28.8 Å². The minimum atomic E-state index is -0.473. The summed E-state index contributed by atoms with van der Waals surface area (Å²) < 4.78 is 24.1. The number of hydrogen-bond donors (Lipinski definition) is 0. The average Bonchev–Trinajstić information content (AvgIpc) is 3.03. The summed E-state index contributed by atoms with van der Waals surface area (Å²) in [6, 6.07) is 10.9. The first-order valence-electron chi connectivity index (χ1n) is 8.96. The van der Waals surface area contributed by atoms with Crippen molar-refractivity contribution >= 4 is 52.2 Å². The van der Waals surface area contributed by atoms with Crippen LogP contribution in [0.5, 0.6) is 5.75 Å². The number of anilines is 1. The van der Waals surface area contributed by atoms with Gasteiger partial charge in [-0.2, -0.15) is 0 Å². The van der Waals surface area contributed by atoms with E-state index in [0.29, 0.717) is 16.5 Å². The van der Waals surface area contributed by atoms with Crippen molar-refractivity contribution in [1.29, 1.82) is 0 Å². The summed E-state index contributed by atoms with van der Waals surface area (Å²) in [5, 5.41) is 0.570. The van der Waals surface area contributed by atoms with E-state index in [0.717, 1.165) is 11.8 Å². The third-order valence-electron chi connectivity index (χ3n) is 4.05. The molecule has 0 aliphatic carbocycles. The van der Waals surface area contributed by atoms with E-state index in [9.17, 15) is 14.0 Å². The summed E-state index contributed by atoms with van der Waals surface area (Å²) >= 11 is 7.26. The first-order valence-corrected chi connectivity index (χ1v) is 10.3. The molecule has 0 N–H and O–H groups in total. The van der Waals surface area contributed by atoms with E-state index in [1.807, 2.05) is 0 Å². The van der Waals surface area contributed by atoms with Crippen LogP contribution in [0.25, 0.3) is 6.08 Å². The van der Waals surface area contributed by atoms with Crippen LogP contribution in [0.4, 0.5) is 10.1 Å². The van der Waals surface area contributed by atoms with Crippen LogP contribution in [0.1, 0.15) is 12.5 Å². The molecule has 30 heavy (non-hydrogen) atoms. The van der Waals surface area contributed by atoms with E-state index in [1.54, 1.807) is 43.3 Å². The number of thioether (sulfide) groups is 1. The third kappa shape index (κ3) is 4.83. The molecule has 0 bridgehead atoms. The van der Waals surface area contributed by atoms with Crippen molar-refractivity contribution in [2.24, 2.45) is 4.99 Å². The zero-order chi connectivity index (χ0) is 21.7. The van der Waals surface area contributed by atoms with Crippen molar-refractivity contribution in [1.82, 2.24) is 0 Å². The van der Waals surface area contributed by atoms with Crippen LogP contribution in [-0.4, -0.2) is 36.5 Å². The molecule has 3 rings (SSSR count). The number of rotatable bonds is 6. The predicted octanol–water partition coefficient (Wildman–Crippen LogP) is 4.53. The number of carbonyl (C=O) groups excluding carboxylic acids is 2. The number of amidine groups is 1. The first-order chi connectivity index (χ1) is 14.4. The van der Waals surface area contributed by atoms with Gasteiger partial charge in [0.2, 0.25) is 0 Å². The van der Waals surface area contributed by atoms with E-state index < -0.39 is 17.7 Å². The van der Waals surface area contributed by atoms with Crippen LogP contribution in [0.2, 0.25) is 5.02 Å². The minimum absolute atomic E-state index is 0.0344. The zero-order valence-electron chi connectivity index (χ0n) is 16.2. The fourth-order valence-corrected chi connectivity index (χ4v) is 3.74. The second kappa shape index (κ2) is 9.77. The number of hydrogen-bond acceptors (Lipinski definition) is 6. The highest BCUT2D eigenvalue weighted by atomic mass is 35.5. The zero-order valence-corrected chi connectivity index (χ0v) is 17.8.